The fourth-order valence-corrected chi connectivity index (χ4v) is 4.33. The molecule has 138 valence electrons. The van der Waals surface area contributed by atoms with Crippen LogP contribution < -0.4 is 5.32 Å². The number of pyridine rings is 1. The summed E-state index contributed by atoms with van der Waals surface area (Å²) < 4.78 is 1.87. The van der Waals surface area contributed by atoms with Gasteiger partial charge in [-0.25, -0.2) is 4.98 Å². The Labute approximate surface area is 153 Å². The molecule has 2 amide bonds. The smallest absolute Gasteiger partial charge is 0.274 e. The maximum Gasteiger partial charge on any atom is 0.274 e. The van der Waals surface area contributed by atoms with Crippen LogP contribution in [0.2, 0.25) is 0 Å². The summed E-state index contributed by atoms with van der Waals surface area (Å²) in [5.41, 5.74) is 1.42. The normalized spacial score (nSPS) is 23.7. The highest BCUT2D eigenvalue weighted by Gasteiger charge is 2.46. The molecule has 6 nitrogen and oxygen atoms in total. The minimum Gasteiger partial charge on any atom is -0.351 e. The van der Waals surface area contributed by atoms with Crippen LogP contribution in [0, 0.1) is 6.92 Å². The fourth-order valence-electron chi connectivity index (χ4n) is 4.33. The van der Waals surface area contributed by atoms with Crippen LogP contribution >= 0.6 is 0 Å². The zero-order valence-corrected chi connectivity index (χ0v) is 15.5. The number of amides is 2. The quantitative estimate of drug-likeness (QED) is 0.921. The number of carbonyl (C=O) groups excluding carboxylic acids is 2. The third-order valence-electron chi connectivity index (χ3n) is 5.96. The molecule has 0 aromatic carbocycles. The first-order chi connectivity index (χ1) is 12.5. The molecule has 2 aromatic rings. The molecule has 1 N–H and O–H groups in total. The molecule has 4 rings (SSSR count). The van der Waals surface area contributed by atoms with Crippen molar-refractivity contribution in [3.8, 4) is 0 Å². The van der Waals surface area contributed by atoms with Gasteiger partial charge in [-0.3, -0.25) is 9.59 Å². The third kappa shape index (κ3) is 2.77. The Morgan fingerprint density at radius 2 is 2.04 bits per heavy atom. The monoisotopic (exact) mass is 354 g/mol. The summed E-state index contributed by atoms with van der Waals surface area (Å²) in [7, 11) is 0. The number of hydrogen-bond donors (Lipinski definition) is 1. The Hall–Kier alpha value is -2.37. The van der Waals surface area contributed by atoms with Gasteiger partial charge in [0.1, 0.15) is 16.9 Å². The lowest BCUT2D eigenvalue weighted by Crippen LogP contribution is -2.57. The Bertz CT molecular complexity index is 853. The van der Waals surface area contributed by atoms with Crippen LogP contribution in [0.4, 0.5) is 0 Å². The summed E-state index contributed by atoms with van der Waals surface area (Å²) in [5, 5.41) is 3.17. The van der Waals surface area contributed by atoms with Gasteiger partial charge in [-0.05, 0) is 51.2 Å². The van der Waals surface area contributed by atoms with Gasteiger partial charge in [-0.15, -0.1) is 0 Å². The third-order valence-corrected chi connectivity index (χ3v) is 5.96. The summed E-state index contributed by atoms with van der Waals surface area (Å²) in [6.07, 6.45) is 9.62. The lowest BCUT2D eigenvalue weighted by molar-refractivity contribution is -0.130. The zero-order chi connectivity index (χ0) is 18.3. The maximum atomic E-state index is 13.2. The van der Waals surface area contributed by atoms with E-state index in [9.17, 15) is 9.59 Å². The zero-order valence-electron chi connectivity index (χ0n) is 15.5. The summed E-state index contributed by atoms with van der Waals surface area (Å²) in [4.78, 5) is 32.4. The molecule has 0 spiro atoms. The highest BCUT2D eigenvalue weighted by molar-refractivity contribution is 5.98. The Morgan fingerprint density at radius 3 is 2.77 bits per heavy atom. The molecule has 2 aliphatic rings. The first-order valence-corrected chi connectivity index (χ1v) is 9.56. The molecule has 1 aliphatic carbocycles. The van der Waals surface area contributed by atoms with Crippen LogP contribution in [0.1, 0.15) is 61.5 Å². The second-order valence-corrected chi connectivity index (χ2v) is 7.84. The number of rotatable bonds is 3. The SMILES string of the molecule is Cc1cccn2cc(C(=O)N3CCCC3(C)C(=O)NC3CCCC3)nc12. The first-order valence-electron chi connectivity index (χ1n) is 9.56. The van der Waals surface area contributed by atoms with Gasteiger partial charge in [0.25, 0.3) is 5.91 Å². The fraction of sp³-hybridized carbons (Fsp3) is 0.550. The number of aromatic nitrogens is 2. The van der Waals surface area contributed by atoms with Crippen molar-refractivity contribution in [2.45, 2.75) is 64.0 Å². The lowest BCUT2D eigenvalue weighted by Gasteiger charge is -2.34. The number of carbonyl (C=O) groups is 2. The summed E-state index contributed by atoms with van der Waals surface area (Å²) in [6, 6.07) is 4.17. The van der Waals surface area contributed by atoms with Gasteiger partial charge in [-0.2, -0.15) is 0 Å². The number of nitrogens with one attached hydrogen (secondary N) is 1. The van der Waals surface area contributed by atoms with Crippen molar-refractivity contribution in [3.05, 3.63) is 35.8 Å². The van der Waals surface area contributed by atoms with Crippen LogP contribution in [0.25, 0.3) is 5.65 Å². The van der Waals surface area contributed by atoms with E-state index >= 15 is 0 Å². The van der Waals surface area contributed by atoms with Gasteiger partial charge >= 0.3 is 0 Å². The molecule has 1 saturated heterocycles. The average molecular weight is 354 g/mol. The van der Waals surface area contributed by atoms with E-state index in [1.807, 2.05) is 36.6 Å². The summed E-state index contributed by atoms with van der Waals surface area (Å²) in [6.45, 7) is 4.47. The van der Waals surface area contributed by atoms with Gasteiger partial charge in [0.2, 0.25) is 5.91 Å². The Kier molecular flexibility index (Phi) is 4.21. The second-order valence-electron chi connectivity index (χ2n) is 7.84. The molecule has 1 unspecified atom stereocenters. The van der Waals surface area contributed by atoms with Crippen LogP contribution in [-0.2, 0) is 4.79 Å². The second kappa shape index (κ2) is 6.41. The van der Waals surface area contributed by atoms with Gasteiger partial charge < -0.3 is 14.6 Å². The van der Waals surface area contributed by atoms with Crippen LogP contribution in [0.3, 0.4) is 0 Å². The number of imidazole rings is 1. The summed E-state index contributed by atoms with van der Waals surface area (Å²) in [5.74, 6) is -0.176. The predicted octanol–water partition coefficient (Wildman–Crippen LogP) is 2.70. The Balaban J connectivity index is 1.59. The first kappa shape index (κ1) is 17.1. The molecule has 2 fully saturated rings. The minimum atomic E-state index is -0.787. The average Bonchev–Trinajstić information content (AvgIpc) is 3.34. The number of likely N-dealkylation sites (tertiary alicyclic amines) is 1. The van der Waals surface area contributed by atoms with E-state index in [0.29, 0.717) is 18.7 Å². The molecule has 6 heteroatoms. The van der Waals surface area contributed by atoms with Crippen molar-refractivity contribution < 1.29 is 9.59 Å². The topological polar surface area (TPSA) is 66.7 Å². The van der Waals surface area contributed by atoms with E-state index in [1.54, 1.807) is 11.1 Å². The number of aryl methyl sites for hydroxylation is 1. The minimum absolute atomic E-state index is 0.0183. The molecule has 0 radical (unpaired) electrons. The number of hydrogen-bond acceptors (Lipinski definition) is 3. The van der Waals surface area contributed by atoms with E-state index in [-0.39, 0.29) is 17.9 Å². The van der Waals surface area contributed by atoms with E-state index in [0.717, 1.165) is 30.5 Å². The van der Waals surface area contributed by atoms with E-state index in [2.05, 4.69) is 10.3 Å². The molecule has 1 saturated carbocycles. The standard InChI is InChI=1S/C20H26N4O2/c1-14-7-5-11-23-13-16(22-17(14)23)18(25)24-12-6-10-20(24,2)19(26)21-15-8-3-4-9-15/h5,7,11,13,15H,3-4,6,8-10,12H2,1-2H3,(H,21,26). The van der Waals surface area contributed by atoms with Gasteiger partial charge in [0.05, 0.1) is 0 Å². The largest absolute Gasteiger partial charge is 0.351 e. The summed E-state index contributed by atoms with van der Waals surface area (Å²) >= 11 is 0. The highest BCUT2D eigenvalue weighted by Crippen LogP contribution is 2.32. The van der Waals surface area contributed by atoms with Gasteiger partial charge in [-0.1, -0.05) is 18.9 Å². The number of fused-ring (bicyclic) bond motifs is 1. The maximum absolute atomic E-state index is 13.2. The van der Waals surface area contributed by atoms with Crippen molar-refractivity contribution in [3.63, 3.8) is 0 Å². The van der Waals surface area contributed by atoms with Crippen LogP contribution in [-0.4, -0.2) is 44.2 Å². The molecule has 3 heterocycles. The van der Waals surface area contributed by atoms with Crippen molar-refractivity contribution in [2.24, 2.45) is 0 Å². The van der Waals surface area contributed by atoms with Crippen LogP contribution in [0.15, 0.2) is 24.5 Å². The van der Waals surface area contributed by atoms with E-state index < -0.39 is 5.54 Å². The van der Waals surface area contributed by atoms with Gasteiger partial charge in [0.15, 0.2) is 0 Å². The van der Waals surface area contributed by atoms with Gasteiger partial charge in [0, 0.05) is 25.0 Å². The van der Waals surface area contributed by atoms with Crippen molar-refractivity contribution in [2.75, 3.05) is 6.54 Å². The Morgan fingerprint density at radius 1 is 1.27 bits per heavy atom. The van der Waals surface area contributed by atoms with Crippen molar-refractivity contribution in [1.82, 2.24) is 19.6 Å². The van der Waals surface area contributed by atoms with Crippen LogP contribution in [0.5, 0.6) is 0 Å². The molecule has 1 atom stereocenters. The molecule has 0 bridgehead atoms. The van der Waals surface area contributed by atoms with E-state index in [1.165, 1.54) is 12.8 Å². The number of nitrogens with zero attached hydrogens (tertiary/aromatic N) is 3. The molecule has 26 heavy (non-hydrogen) atoms. The molecular weight excluding hydrogens is 328 g/mol. The molecule has 1 aliphatic heterocycles. The highest BCUT2D eigenvalue weighted by atomic mass is 16.2. The van der Waals surface area contributed by atoms with Crippen molar-refractivity contribution >= 4 is 17.5 Å². The lowest BCUT2D eigenvalue weighted by atomic mass is 9.96. The predicted molar refractivity (Wildman–Crippen MR) is 99.0 cm³/mol. The molecule has 2 aromatic heterocycles. The molecular formula is C20H26N4O2. The van der Waals surface area contributed by atoms with Crippen molar-refractivity contribution in [1.29, 1.82) is 0 Å². The van der Waals surface area contributed by atoms with E-state index in [4.69, 9.17) is 0 Å².